The molecule has 0 bridgehead atoms. The number of benzene rings is 3. The van der Waals surface area contributed by atoms with Crippen LogP contribution in [0.5, 0.6) is 0 Å². The Labute approximate surface area is 218 Å². The summed E-state index contributed by atoms with van der Waals surface area (Å²) in [5.41, 5.74) is 10.6. The van der Waals surface area contributed by atoms with E-state index >= 15 is 0 Å². The lowest BCUT2D eigenvalue weighted by molar-refractivity contribution is 0.114. The highest BCUT2D eigenvalue weighted by Gasteiger charge is 2.44. The van der Waals surface area contributed by atoms with Gasteiger partial charge in [0.25, 0.3) is 0 Å². The molecule has 2 atom stereocenters. The van der Waals surface area contributed by atoms with Crippen molar-refractivity contribution in [2.75, 3.05) is 19.7 Å². The van der Waals surface area contributed by atoms with Crippen molar-refractivity contribution in [1.82, 2.24) is 4.90 Å². The number of likely N-dealkylation sites (tertiary alicyclic amines) is 1. The molecule has 3 aromatic carbocycles. The zero-order valence-corrected chi connectivity index (χ0v) is 21.6. The van der Waals surface area contributed by atoms with Gasteiger partial charge < -0.3 is 15.4 Å². The van der Waals surface area contributed by atoms with E-state index in [4.69, 9.17) is 10.5 Å². The Bertz CT molecular complexity index is 1070. The maximum atomic E-state index is 13.0. The second-order valence-corrected chi connectivity index (χ2v) is 10.6. The summed E-state index contributed by atoms with van der Waals surface area (Å²) in [6.45, 7) is 6.94. The predicted molar refractivity (Wildman–Crippen MR) is 150 cm³/mol. The normalized spacial score (nSPS) is 18.2. The van der Waals surface area contributed by atoms with Crippen LogP contribution < -0.4 is 5.73 Å². The number of nitrogens with zero attached hydrogens (tertiary/aromatic N) is 1. The number of thioether (sulfide) groups is 1. The van der Waals surface area contributed by atoms with Crippen LogP contribution in [0.25, 0.3) is 0 Å². The average Bonchev–Trinajstić information content (AvgIpc) is 3.33. The molecule has 0 aromatic heterocycles. The molecule has 1 heterocycles. The van der Waals surface area contributed by atoms with Gasteiger partial charge in [0, 0.05) is 18.3 Å². The third-order valence-corrected chi connectivity index (χ3v) is 8.28. The van der Waals surface area contributed by atoms with E-state index in [0.717, 1.165) is 12.0 Å². The van der Waals surface area contributed by atoms with Crippen molar-refractivity contribution in [3.05, 3.63) is 132 Å². The summed E-state index contributed by atoms with van der Waals surface area (Å²) in [5.74, 6) is 0. The summed E-state index contributed by atoms with van der Waals surface area (Å²) in [6, 6.07) is 31.9. The fourth-order valence-electron chi connectivity index (χ4n) is 4.86. The van der Waals surface area contributed by atoms with Crippen molar-refractivity contribution < 1.29 is 9.53 Å². The van der Waals surface area contributed by atoms with Crippen molar-refractivity contribution in [1.29, 1.82) is 0 Å². The van der Waals surface area contributed by atoms with E-state index in [1.54, 1.807) is 6.08 Å². The van der Waals surface area contributed by atoms with Gasteiger partial charge in [0.1, 0.15) is 6.61 Å². The molecular formula is C31H34N2O2S. The second kappa shape index (κ2) is 12.1. The van der Waals surface area contributed by atoms with Crippen LogP contribution in [-0.2, 0) is 9.48 Å². The first-order chi connectivity index (χ1) is 17.6. The van der Waals surface area contributed by atoms with E-state index in [2.05, 4.69) is 104 Å². The van der Waals surface area contributed by atoms with Crippen LogP contribution in [0.4, 0.5) is 4.79 Å². The highest BCUT2D eigenvalue weighted by atomic mass is 32.2. The van der Waals surface area contributed by atoms with Gasteiger partial charge in [-0.3, -0.25) is 0 Å². The fourth-order valence-corrected chi connectivity index (χ4v) is 6.71. The number of nitrogens with two attached hydrogens (primary N) is 1. The van der Waals surface area contributed by atoms with Crippen LogP contribution in [0.15, 0.2) is 115 Å². The number of hydrogen-bond acceptors (Lipinski definition) is 4. The van der Waals surface area contributed by atoms with E-state index in [9.17, 15) is 4.79 Å². The number of carbonyl (C=O) groups is 1. The minimum atomic E-state index is -0.438. The van der Waals surface area contributed by atoms with Crippen LogP contribution in [0.1, 0.15) is 30.0 Å². The Morgan fingerprint density at radius 2 is 1.50 bits per heavy atom. The highest BCUT2D eigenvalue weighted by molar-refractivity contribution is 8.01. The van der Waals surface area contributed by atoms with E-state index < -0.39 is 4.75 Å². The molecule has 36 heavy (non-hydrogen) atoms. The van der Waals surface area contributed by atoms with Crippen molar-refractivity contribution in [3.8, 4) is 0 Å². The predicted octanol–water partition coefficient (Wildman–Crippen LogP) is 6.38. The van der Waals surface area contributed by atoms with Gasteiger partial charge in [0.2, 0.25) is 0 Å². The number of amides is 1. The van der Waals surface area contributed by atoms with Gasteiger partial charge in [-0.1, -0.05) is 115 Å². The highest BCUT2D eigenvalue weighted by Crippen LogP contribution is 2.52. The van der Waals surface area contributed by atoms with E-state index in [1.807, 2.05) is 23.6 Å². The molecule has 4 rings (SSSR count). The molecule has 186 valence electrons. The third kappa shape index (κ3) is 5.58. The monoisotopic (exact) mass is 498 g/mol. The van der Waals surface area contributed by atoms with Crippen LogP contribution in [-0.4, -0.2) is 42.0 Å². The summed E-state index contributed by atoms with van der Waals surface area (Å²) in [6.07, 6.45) is 4.22. The average molecular weight is 499 g/mol. The van der Waals surface area contributed by atoms with Gasteiger partial charge in [0.05, 0.1) is 10.8 Å². The molecule has 0 spiro atoms. The second-order valence-electron chi connectivity index (χ2n) is 9.06. The zero-order chi connectivity index (χ0) is 25.4. The summed E-state index contributed by atoms with van der Waals surface area (Å²) in [7, 11) is 0. The van der Waals surface area contributed by atoms with Gasteiger partial charge in [-0.2, -0.15) is 0 Å². The summed E-state index contributed by atoms with van der Waals surface area (Å²) >= 11 is 1.91. The lowest BCUT2D eigenvalue weighted by Crippen LogP contribution is -2.36. The third-order valence-electron chi connectivity index (χ3n) is 6.55. The number of hydrogen-bond donors (Lipinski definition) is 1. The smallest absolute Gasteiger partial charge is 0.410 e. The molecule has 1 saturated heterocycles. The van der Waals surface area contributed by atoms with E-state index in [1.165, 1.54) is 16.7 Å². The topological polar surface area (TPSA) is 55.6 Å². The lowest BCUT2D eigenvalue weighted by Gasteiger charge is -2.37. The summed E-state index contributed by atoms with van der Waals surface area (Å²) in [5, 5.41) is 0.175. The first kappa shape index (κ1) is 25.8. The molecule has 3 aromatic rings. The molecular weight excluding hydrogens is 464 g/mol. The Morgan fingerprint density at radius 3 is 1.94 bits per heavy atom. The molecule has 1 fully saturated rings. The Morgan fingerprint density at radius 1 is 1.00 bits per heavy atom. The van der Waals surface area contributed by atoms with Crippen molar-refractivity contribution in [2.45, 2.75) is 29.4 Å². The molecule has 0 unspecified atom stereocenters. The van der Waals surface area contributed by atoms with E-state index in [0.29, 0.717) is 13.1 Å². The SMILES string of the molecule is C=CCOC(=O)N1C[C@@H](SC(c2ccccc2)(c2ccccc2)c2ccccc2)C[C@H]1/C=C(/C)CN. The molecule has 4 nitrogen and oxygen atoms in total. The quantitative estimate of drug-likeness (QED) is 0.275. The van der Waals surface area contributed by atoms with Crippen LogP contribution >= 0.6 is 11.8 Å². The molecule has 0 aliphatic carbocycles. The van der Waals surface area contributed by atoms with Gasteiger partial charge in [-0.15, -0.1) is 11.8 Å². The summed E-state index contributed by atoms with van der Waals surface area (Å²) < 4.78 is 5.01. The van der Waals surface area contributed by atoms with Gasteiger partial charge in [-0.25, -0.2) is 4.79 Å². The number of rotatable bonds is 9. The molecule has 5 heteroatoms. The number of ether oxygens (including phenoxy) is 1. The largest absolute Gasteiger partial charge is 0.445 e. The molecule has 1 aliphatic rings. The van der Waals surface area contributed by atoms with E-state index in [-0.39, 0.29) is 24.0 Å². The molecule has 1 aliphatic heterocycles. The fraction of sp³-hybridized carbons (Fsp3) is 0.258. The first-order valence-corrected chi connectivity index (χ1v) is 13.2. The molecule has 1 amide bonds. The van der Waals surface area contributed by atoms with Crippen molar-refractivity contribution in [2.24, 2.45) is 5.73 Å². The Balaban J connectivity index is 1.78. The minimum absolute atomic E-state index is 0.0663. The molecule has 2 N–H and O–H groups in total. The lowest BCUT2D eigenvalue weighted by atomic mass is 9.84. The molecule has 0 saturated carbocycles. The van der Waals surface area contributed by atoms with Crippen molar-refractivity contribution >= 4 is 17.9 Å². The maximum Gasteiger partial charge on any atom is 0.410 e. The minimum Gasteiger partial charge on any atom is -0.445 e. The maximum absolute atomic E-state index is 13.0. The molecule has 0 radical (unpaired) electrons. The van der Waals surface area contributed by atoms with Crippen LogP contribution in [0.3, 0.4) is 0 Å². The summed E-state index contributed by atoms with van der Waals surface area (Å²) in [4.78, 5) is 14.8. The zero-order valence-electron chi connectivity index (χ0n) is 20.8. The first-order valence-electron chi connectivity index (χ1n) is 12.3. The van der Waals surface area contributed by atoms with Gasteiger partial charge in [0.15, 0.2) is 0 Å². The van der Waals surface area contributed by atoms with Gasteiger partial charge in [-0.05, 0) is 30.0 Å². The van der Waals surface area contributed by atoms with Gasteiger partial charge >= 0.3 is 6.09 Å². The number of carbonyl (C=O) groups excluding carboxylic acids is 1. The van der Waals surface area contributed by atoms with Crippen LogP contribution in [0.2, 0.25) is 0 Å². The Kier molecular flexibility index (Phi) is 8.68. The van der Waals surface area contributed by atoms with Crippen LogP contribution in [0, 0.1) is 0 Å². The standard InChI is InChI=1S/C31H34N2O2S/c1-3-19-35-30(34)33-23-29(21-28(33)20-24(2)22-32)36-31(25-13-7-4-8-14-25,26-15-9-5-10-16-26)27-17-11-6-12-18-27/h3-18,20,28-29H,1,19,21-23,32H2,2H3/b24-20-/t28-,29+/m1/s1. The van der Waals surface area contributed by atoms with Crippen molar-refractivity contribution in [3.63, 3.8) is 0 Å². The Hall–Kier alpha value is -3.28.